The smallest absolute Gasteiger partial charge is 0.223 e. The van der Waals surface area contributed by atoms with Crippen LogP contribution in [-0.4, -0.2) is 42.1 Å². The third-order valence-electron chi connectivity index (χ3n) is 8.05. The van der Waals surface area contributed by atoms with E-state index in [1.165, 1.54) is 23.1 Å². The number of benzene rings is 4. The lowest BCUT2D eigenvalue weighted by molar-refractivity contribution is 0.414. The second-order valence-electron chi connectivity index (χ2n) is 11.7. The van der Waals surface area contributed by atoms with Crippen molar-refractivity contribution in [2.45, 2.75) is 13.1 Å². The number of methoxy groups -OCH3 is 2. The van der Waals surface area contributed by atoms with E-state index in [1.807, 2.05) is 122 Å². The molecule has 0 fully saturated rings. The standard InChI is InChI=1S/2C21H18N4OS/c1-26-19-11-9-17(10-12-19)20-24-21(23-15-16-6-5-13-22-14-16)27-25(20)18-7-3-2-4-8-18;1-26-19-11-9-18(10-12-19)25-20(17-7-3-2-4-8-17)24-21(27-25)23-15-16-6-5-13-22-14-16/h2*2-14H,15H2,1H3. The van der Waals surface area contributed by atoms with Crippen molar-refractivity contribution in [2.24, 2.45) is 9.98 Å². The van der Waals surface area contributed by atoms with Crippen LogP contribution in [0.4, 0.5) is 0 Å². The van der Waals surface area contributed by atoms with Crippen LogP contribution in [0.3, 0.4) is 0 Å². The molecule has 0 saturated heterocycles. The monoisotopic (exact) mass is 748 g/mol. The van der Waals surface area contributed by atoms with Crippen LogP contribution >= 0.6 is 23.1 Å². The quantitative estimate of drug-likeness (QED) is 0.140. The highest BCUT2D eigenvalue weighted by molar-refractivity contribution is 7.04. The minimum Gasteiger partial charge on any atom is -0.497 e. The molecule has 4 aromatic heterocycles. The summed E-state index contributed by atoms with van der Waals surface area (Å²) in [4.78, 5) is 28.6. The molecule has 8 rings (SSSR count). The molecule has 10 nitrogen and oxygen atoms in total. The van der Waals surface area contributed by atoms with E-state index in [2.05, 4.69) is 52.1 Å². The molecule has 54 heavy (non-hydrogen) atoms. The zero-order valence-corrected chi connectivity index (χ0v) is 31.3. The van der Waals surface area contributed by atoms with Crippen molar-refractivity contribution in [3.63, 3.8) is 0 Å². The van der Waals surface area contributed by atoms with Crippen molar-refractivity contribution in [2.75, 3.05) is 14.2 Å². The van der Waals surface area contributed by atoms with E-state index in [1.54, 1.807) is 26.6 Å². The number of ether oxygens (including phenoxy) is 2. The Kier molecular flexibility index (Phi) is 11.8. The fourth-order valence-corrected chi connectivity index (χ4v) is 7.06. The van der Waals surface area contributed by atoms with Crippen LogP contribution in [-0.2, 0) is 13.1 Å². The first-order valence-corrected chi connectivity index (χ1v) is 18.6. The van der Waals surface area contributed by atoms with Crippen molar-refractivity contribution < 1.29 is 9.47 Å². The van der Waals surface area contributed by atoms with Crippen LogP contribution in [0.2, 0.25) is 0 Å². The molecule has 0 radical (unpaired) electrons. The summed E-state index contributed by atoms with van der Waals surface area (Å²) in [6.07, 6.45) is 7.18. The summed E-state index contributed by atoms with van der Waals surface area (Å²) in [5.41, 5.74) is 6.26. The van der Waals surface area contributed by atoms with Crippen molar-refractivity contribution in [1.82, 2.24) is 27.8 Å². The van der Waals surface area contributed by atoms with Gasteiger partial charge in [0.15, 0.2) is 11.6 Å². The molecular weight excluding hydrogens is 713 g/mol. The van der Waals surface area contributed by atoms with E-state index < -0.39 is 0 Å². The Morgan fingerprint density at radius 1 is 0.500 bits per heavy atom. The Balaban J connectivity index is 0.000000167. The second kappa shape index (κ2) is 17.8. The number of hydrogen-bond donors (Lipinski definition) is 0. The maximum Gasteiger partial charge on any atom is 0.223 e. The number of aromatic nitrogens is 6. The van der Waals surface area contributed by atoms with Gasteiger partial charge in [-0.25, -0.2) is 7.91 Å². The summed E-state index contributed by atoms with van der Waals surface area (Å²) in [6, 6.07) is 44.0. The van der Waals surface area contributed by atoms with Gasteiger partial charge in [-0.3, -0.25) is 20.0 Å². The highest BCUT2D eigenvalue weighted by atomic mass is 32.1. The minimum atomic E-state index is 0.554. The Morgan fingerprint density at radius 2 is 0.944 bits per heavy atom. The molecule has 0 bridgehead atoms. The van der Waals surface area contributed by atoms with Gasteiger partial charge in [-0.2, -0.15) is 9.97 Å². The van der Waals surface area contributed by atoms with Crippen LogP contribution in [0, 0.1) is 0 Å². The summed E-state index contributed by atoms with van der Waals surface area (Å²) < 4.78 is 14.7. The fraction of sp³-hybridized carbons (Fsp3) is 0.0952. The molecule has 12 heteroatoms. The van der Waals surface area contributed by atoms with E-state index >= 15 is 0 Å². The Bertz CT molecular complexity index is 2320. The molecule has 8 aromatic rings. The first kappa shape index (κ1) is 35.9. The van der Waals surface area contributed by atoms with Gasteiger partial charge in [0.05, 0.1) is 38.7 Å². The van der Waals surface area contributed by atoms with Crippen LogP contribution in [0.25, 0.3) is 34.2 Å². The predicted molar refractivity (Wildman–Crippen MR) is 214 cm³/mol. The average Bonchev–Trinajstić information content (AvgIpc) is 3.89. The number of nitrogens with zero attached hydrogens (tertiary/aromatic N) is 8. The van der Waals surface area contributed by atoms with Crippen molar-refractivity contribution >= 4 is 23.1 Å². The number of para-hydroxylation sites is 1. The molecule has 0 aliphatic heterocycles. The van der Waals surface area contributed by atoms with Crippen molar-refractivity contribution in [1.29, 1.82) is 0 Å². The molecule has 0 aliphatic rings. The van der Waals surface area contributed by atoms with Crippen LogP contribution in [0.15, 0.2) is 168 Å². The van der Waals surface area contributed by atoms with Crippen molar-refractivity contribution in [3.05, 3.63) is 179 Å². The number of hydrogen-bond acceptors (Lipinski definition) is 10. The Hall–Kier alpha value is -6.50. The Morgan fingerprint density at radius 3 is 1.41 bits per heavy atom. The summed E-state index contributed by atoms with van der Waals surface area (Å²) in [5, 5.41) is 0. The number of rotatable bonds is 10. The molecule has 0 saturated carbocycles. The van der Waals surface area contributed by atoms with E-state index in [-0.39, 0.29) is 0 Å². The molecule has 0 spiro atoms. The molecule has 0 unspecified atom stereocenters. The average molecular weight is 749 g/mol. The van der Waals surface area contributed by atoms with Gasteiger partial charge in [-0.1, -0.05) is 60.7 Å². The van der Waals surface area contributed by atoms with E-state index in [4.69, 9.17) is 19.4 Å². The number of pyridine rings is 2. The van der Waals surface area contributed by atoms with Crippen LogP contribution < -0.4 is 19.1 Å². The van der Waals surface area contributed by atoms with Crippen LogP contribution in [0.5, 0.6) is 11.5 Å². The molecule has 268 valence electrons. The molecule has 0 aliphatic carbocycles. The molecule has 0 amide bonds. The highest BCUT2D eigenvalue weighted by Crippen LogP contribution is 2.25. The molecule has 4 aromatic carbocycles. The lowest BCUT2D eigenvalue weighted by atomic mass is 10.2. The predicted octanol–water partition coefficient (Wildman–Crippen LogP) is 8.21. The maximum absolute atomic E-state index is 5.27. The van der Waals surface area contributed by atoms with Crippen molar-refractivity contribution in [3.8, 4) is 45.6 Å². The highest BCUT2D eigenvalue weighted by Gasteiger charge is 2.12. The van der Waals surface area contributed by atoms with Gasteiger partial charge in [0, 0.05) is 35.9 Å². The normalized spacial score (nSPS) is 11.5. The lowest BCUT2D eigenvalue weighted by Gasteiger charge is -2.07. The van der Waals surface area contributed by atoms with E-state index in [0.717, 1.165) is 66.4 Å². The van der Waals surface area contributed by atoms with Gasteiger partial charge < -0.3 is 9.47 Å². The Labute approximate surface area is 321 Å². The SMILES string of the molecule is COc1ccc(-c2nc(=NCc3cccnc3)sn2-c2ccccc2)cc1.COc1ccc(-n2sc(=NCc3cccnc3)nc2-c2ccccc2)cc1. The summed E-state index contributed by atoms with van der Waals surface area (Å²) >= 11 is 3.04. The summed E-state index contributed by atoms with van der Waals surface area (Å²) in [5.74, 6) is 3.38. The maximum atomic E-state index is 5.27. The van der Waals surface area contributed by atoms with Gasteiger partial charge in [0.1, 0.15) is 11.5 Å². The van der Waals surface area contributed by atoms with Gasteiger partial charge in [0.25, 0.3) is 0 Å². The minimum absolute atomic E-state index is 0.554. The molecule has 4 heterocycles. The fourth-order valence-electron chi connectivity index (χ4n) is 5.31. The third kappa shape index (κ3) is 9.10. The second-order valence-corrected chi connectivity index (χ2v) is 13.5. The molecule has 0 N–H and O–H groups in total. The summed E-state index contributed by atoms with van der Waals surface area (Å²) in [6.45, 7) is 1.11. The largest absolute Gasteiger partial charge is 0.497 e. The van der Waals surface area contributed by atoms with E-state index in [0.29, 0.717) is 13.1 Å². The van der Waals surface area contributed by atoms with E-state index in [9.17, 15) is 0 Å². The third-order valence-corrected chi connectivity index (χ3v) is 9.95. The van der Waals surface area contributed by atoms with Gasteiger partial charge in [0.2, 0.25) is 9.60 Å². The topological polar surface area (TPSA) is 105 Å². The van der Waals surface area contributed by atoms with Gasteiger partial charge in [-0.15, -0.1) is 0 Å². The zero-order chi connectivity index (χ0) is 37.0. The first-order valence-electron chi connectivity index (χ1n) is 17.1. The van der Waals surface area contributed by atoms with Gasteiger partial charge >= 0.3 is 0 Å². The molecule has 0 atom stereocenters. The van der Waals surface area contributed by atoms with Crippen LogP contribution in [0.1, 0.15) is 11.1 Å². The first-order chi connectivity index (χ1) is 26.7. The lowest BCUT2D eigenvalue weighted by Crippen LogP contribution is -1.99. The van der Waals surface area contributed by atoms with Gasteiger partial charge in [-0.05, 0) is 107 Å². The summed E-state index contributed by atoms with van der Waals surface area (Å²) in [7, 11) is 3.33. The zero-order valence-electron chi connectivity index (χ0n) is 29.6. The molecular formula is C42H36N8O2S2.